The van der Waals surface area contributed by atoms with Crippen molar-refractivity contribution in [1.82, 2.24) is 4.90 Å². The van der Waals surface area contributed by atoms with Crippen LogP contribution in [0.15, 0.2) is 0 Å². The Morgan fingerprint density at radius 1 is 1.05 bits per heavy atom. The number of ether oxygens (including phenoxy) is 1. The summed E-state index contributed by atoms with van der Waals surface area (Å²) in [6.45, 7) is 22.5. The molecule has 0 N–H and O–H groups in total. The van der Waals surface area contributed by atoms with Gasteiger partial charge in [-0.3, -0.25) is 4.79 Å². The van der Waals surface area contributed by atoms with Gasteiger partial charge in [0.1, 0.15) is 0 Å². The topological polar surface area (TPSA) is 29.5 Å². The highest BCUT2D eigenvalue weighted by Gasteiger charge is 2.26. The second-order valence-electron chi connectivity index (χ2n) is 5.88. The molecule has 3 nitrogen and oxygen atoms in total. The number of nitrogens with zero attached hydrogens (tertiary/aromatic N) is 1. The Morgan fingerprint density at radius 2 is 1.41 bits per heavy atom. The quantitative estimate of drug-likeness (QED) is 0.626. The molecule has 22 heavy (non-hydrogen) atoms. The van der Waals surface area contributed by atoms with E-state index in [0.717, 1.165) is 13.1 Å². The van der Waals surface area contributed by atoms with Crippen LogP contribution in [0, 0.1) is 11.3 Å². The van der Waals surface area contributed by atoms with Gasteiger partial charge in [-0.25, -0.2) is 0 Å². The highest BCUT2D eigenvalue weighted by molar-refractivity contribution is 5.77. The maximum Gasteiger partial charge on any atom is 0.223 e. The first-order valence-corrected chi connectivity index (χ1v) is 8.98. The number of amides is 1. The largest absolute Gasteiger partial charge is 0.388 e. The molecule has 1 fully saturated rings. The van der Waals surface area contributed by atoms with E-state index in [1.165, 1.54) is 6.42 Å². The summed E-state index contributed by atoms with van der Waals surface area (Å²) in [7, 11) is 3.25. The van der Waals surface area contributed by atoms with E-state index in [1.807, 2.05) is 46.4 Å². The predicted molar refractivity (Wildman–Crippen MR) is 101 cm³/mol. The van der Waals surface area contributed by atoms with Crippen molar-refractivity contribution in [2.24, 2.45) is 11.3 Å². The van der Waals surface area contributed by atoms with Gasteiger partial charge < -0.3 is 9.64 Å². The number of methoxy groups -OCH3 is 1. The van der Waals surface area contributed by atoms with Crippen molar-refractivity contribution in [2.75, 3.05) is 27.3 Å². The van der Waals surface area contributed by atoms with Crippen LogP contribution in [0.4, 0.5) is 0 Å². The molecule has 0 spiro atoms. The fourth-order valence-corrected chi connectivity index (χ4v) is 1.73. The first kappa shape index (κ1) is 29.4. The van der Waals surface area contributed by atoms with Crippen LogP contribution in [0.25, 0.3) is 0 Å². The lowest BCUT2D eigenvalue weighted by molar-refractivity contribution is -0.132. The molecule has 0 bridgehead atoms. The number of hydrogen-bond donors (Lipinski definition) is 0. The molecule has 1 aliphatic rings. The van der Waals surface area contributed by atoms with Gasteiger partial charge in [-0.1, -0.05) is 69.2 Å². The molecule has 1 unspecified atom stereocenters. The highest BCUT2D eigenvalue weighted by Crippen LogP contribution is 2.23. The summed E-state index contributed by atoms with van der Waals surface area (Å²) in [6, 6.07) is 0. The molecule has 0 aromatic carbocycles. The van der Waals surface area contributed by atoms with E-state index in [1.54, 1.807) is 14.2 Å². The monoisotopic (exact) mass is 319 g/mol. The van der Waals surface area contributed by atoms with Gasteiger partial charge in [-0.15, -0.1) is 0 Å². The van der Waals surface area contributed by atoms with Gasteiger partial charge in [-0.05, 0) is 17.8 Å². The number of rotatable bonds is 1. The summed E-state index contributed by atoms with van der Waals surface area (Å²) in [4.78, 5) is 13.7. The van der Waals surface area contributed by atoms with E-state index < -0.39 is 0 Å². The second kappa shape index (κ2) is 20.4. The Bertz CT molecular complexity index is 210. The third kappa shape index (κ3) is 21.7. The lowest BCUT2D eigenvalue weighted by Crippen LogP contribution is -2.31. The summed E-state index contributed by atoms with van der Waals surface area (Å²) in [5, 5.41) is 0. The zero-order chi connectivity index (χ0) is 18.8. The second-order valence-corrected chi connectivity index (χ2v) is 5.88. The van der Waals surface area contributed by atoms with Crippen LogP contribution in [-0.2, 0) is 9.53 Å². The summed E-state index contributed by atoms with van der Waals surface area (Å²) in [5.41, 5.74) is 0.128. The maximum atomic E-state index is 11.7. The zero-order valence-corrected chi connectivity index (χ0v) is 17.7. The Labute approximate surface area is 141 Å². The maximum absolute atomic E-state index is 11.7. The van der Waals surface area contributed by atoms with Crippen LogP contribution in [0.3, 0.4) is 0 Å². The first-order valence-electron chi connectivity index (χ1n) is 8.98. The molecule has 1 heterocycles. The van der Waals surface area contributed by atoms with Gasteiger partial charge in [-0.2, -0.15) is 0 Å². The van der Waals surface area contributed by atoms with E-state index in [9.17, 15) is 4.79 Å². The van der Waals surface area contributed by atoms with Crippen LogP contribution in [0.2, 0.25) is 0 Å². The Kier molecular flexibility index (Phi) is 27.3. The fraction of sp³-hybridized carbons (Fsp3) is 0.947. The molecule has 3 heteroatoms. The minimum absolute atomic E-state index is 0.128. The lowest BCUT2D eigenvalue weighted by Gasteiger charge is -2.22. The molecule has 0 radical (unpaired) electrons. The molecule has 1 amide bonds. The van der Waals surface area contributed by atoms with Gasteiger partial charge in [0, 0.05) is 33.7 Å². The molecule has 1 rings (SSSR count). The van der Waals surface area contributed by atoms with Crippen molar-refractivity contribution in [1.29, 1.82) is 0 Å². The minimum atomic E-state index is 0.128. The van der Waals surface area contributed by atoms with E-state index >= 15 is 0 Å². The smallest absolute Gasteiger partial charge is 0.223 e. The van der Waals surface area contributed by atoms with Crippen molar-refractivity contribution in [3.63, 3.8) is 0 Å². The van der Waals surface area contributed by atoms with Crippen LogP contribution in [-0.4, -0.2) is 38.1 Å². The molecule has 1 saturated heterocycles. The number of hydrogen-bond acceptors (Lipinski definition) is 2. The molecule has 0 aliphatic carbocycles. The van der Waals surface area contributed by atoms with Crippen molar-refractivity contribution < 1.29 is 9.53 Å². The van der Waals surface area contributed by atoms with E-state index in [2.05, 4.69) is 32.4 Å². The Morgan fingerprint density at radius 3 is 1.64 bits per heavy atom. The minimum Gasteiger partial charge on any atom is -0.388 e. The lowest BCUT2D eigenvalue weighted by atomic mass is 9.92. The molecule has 0 saturated carbocycles. The summed E-state index contributed by atoms with van der Waals surface area (Å²) in [6.07, 6.45) is 1.86. The molecule has 0 aromatic heterocycles. The Balaban J connectivity index is -0.000000153. The van der Waals surface area contributed by atoms with E-state index in [4.69, 9.17) is 0 Å². The van der Waals surface area contributed by atoms with Gasteiger partial charge in [0.05, 0.1) is 0 Å². The van der Waals surface area contributed by atoms with E-state index in [0.29, 0.717) is 18.2 Å². The molecular weight excluding hydrogens is 274 g/mol. The highest BCUT2D eigenvalue weighted by atomic mass is 16.4. The first-order chi connectivity index (χ1) is 10.3. The van der Waals surface area contributed by atoms with Gasteiger partial charge in [0.15, 0.2) is 0 Å². The summed E-state index contributed by atoms with van der Waals surface area (Å²) >= 11 is 0. The van der Waals surface area contributed by atoms with Crippen molar-refractivity contribution >= 4 is 5.91 Å². The van der Waals surface area contributed by atoms with Gasteiger partial charge in [0.2, 0.25) is 5.91 Å². The predicted octanol–water partition coefficient (Wildman–Crippen LogP) is 5.63. The molecule has 0 aromatic rings. The number of likely N-dealkylation sites (tertiary alicyclic amines) is 1. The normalized spacial score (nSPS) is 15.6. The van der Waals surface area contributed by atoms with Gasteiger partial charge in [0.25, 0.3) is 0 Å². The average molecular weight is 320 g/mol. The standard InChI is InChI=1S/C11H21NO.C2H6O.3C2H6/c1-9-5-6-12(8-9)10(13)7-11(2,3)4;1-3-2;3*1-2/h9H,5-8H2,1-4H3;1-2H3;3*1-2H3. The SMILES string of the molecule is CC.CC.CC.CC1CCN(C(=O)CC(C)(C)C)C1.COC. The average Bonchev–Trinajstić information content (AvgIpc) is 2.91. The number of carbonyl (C=O) groups excluding carboxylic acids is 1. The van der Waals surface area contributed by atoms with E-state index in [-0.39, 0.29) is 5.41 Å². The summed E-state index contributed by atoms with van der Waals surface area (Å²) in [5.74, 6) is 1.03. The van der Waals surface area contributed by atoms with Crippen molar-refractivity contribution in [3.8, 4) is 0 Å². The van der Waals surface area contributed by atoms with Crippen LogP contribution < -0.4 is 0 Å². The van der Waals surface area contributed by atoms with Crippen LogP contribution >= 0.6 is 0 Å². The van der Waals surface area contributed by atoms with Crippen LogP contribution in [0.5, 0.6) is 0 Å². The number of carbonyl (C=O) groups is 1. The third-order valence-electron chi connectivity index (χ3n) is 2.46. The van der Waals surface area contributed by atoms with Gasteiger partial charge >= 0.3 is 0 Å². The summed E-state index contributed by atoms with van der Waals surface area (Å²) < 4.78 is 4.25. The third-order valence-corrected chi connectivity index (χ3v) is 2.46. The van der Waals surface area contributed by atoms with Crippen molar-refractivity contribution in [2.45, 2.75) is 82.1 Å². The zero-order valence-electron chi connectivity index (χ0n) is 17.7. The molecular formula is C19H45NO2. The Hall–Kier alpha value is -0.570. The van der Waals surface area contributed by atoms with Crippen LogP contribution in [0.1, 0.15) is 82.1 Å². The molecule has 1 atom stereocenters. The molecule has 1 aliphatic heterocycles. The van der Waals surface area contributed by atoms with Crippen molar-refractivity contribution in [3.05, 3.63) is 0 Å². The molecule has 138 valence electrons. The fourth-order valence-electron chi connectivity index (χ4n) is 1.73.